The molecule has 0 amide bonds. The maximum Gasteiger partial charge on any atom is 0.231 e. The summed E-state index contributed by atoms with van der Waals surface area (Å²) in [7, 11) is 0. The van der Waals surface area contributed by atoms with Gasteiger partial charge in [0.2, 0.25) is 6.79 Å². The lowest BCUT2D eigenvalue weighted by Gasteiger charge is -2.16. The first-order chi connectivity index (χ1) is 11.3. The molecule has 2 heterocycles. The second-order valence-electron chi connectivity index (χ2n) is 5.28. The fourth-order valence-electron chi connectivity index (χ4n) is 2.54. The second kappa shape index (κ2) is 5.60. The molecular weight excluding hydrogens is 294 g/mol. The molecule has 1 aliphatic heterocycles. The van der Waals surface area contributed by atoms with Crippen LogP contribution in [-0.4, -0.2) is 27.0 Å². The van der Waals surface area contributed by atoms with Crippen LogP contribution in [0, 0.1) is 0 Å². The van der Waals surface area contributed by atoms with E-state index in [-0.39, 0.29) is 12.8 Å². The largest absolute Gasteiger partial charge is 0.454 e. The molecule has 3 aromatic rings. The smallest absolute Gasteiger partial charge is 0.231 e. The number of aromatic nitrogens is 4. The molecule has 1 aliphatic rings. The number of benzene rings is 2. The van der Waals surface area contributed by atoms with Crippen LogP contribution in [0.15, 0.2) is 48.8 Å². The minimum absolute atomic E-state index is 0.117. The van der Waals surface area contributed by atoms with E-state index in [0.717, 1.165) is 28.4 Å². The van der Waals surface area contributed by atoms with Crippen molar-refractivity contribution in [2.45, 2.75) is 13.0 Å². The molecule has 0 radical (unpaired) electrons. The van der Waals surface area contributed by atoms with Crippen LogP contribution in [0.3, 0.4) is 0 Å². The first-order valence-electron chi connectivity index (χ1n) is 7.29. The summed E-state index contributed by atoms with van der Waals surface area (Å²) in [6.07, 6.45) is 1.58. The third-order valence-corrected chi connectivity index (χ3v) is 3.74. The van der Waals surface area contributed by atoms with Crippen molar-refractivity contribution in [1.82, 2.24) is 20.2 Å². The number of anilines is 1. The van der Waals surface area contributed by atoms with Crippen molar-refractivity contribution in [1.29, 1.82) is 0 Å². The molecule has 1 unspecified atom stereocenters. The molecule has 0 fully saturated rings. The Morgan fingerprint density at radius 1 is 1.13 bits per heavy atom. The van der Waals surface area contributed by atoms with Crippen LogP contribution in [0.5, 0.6) is 11.5 Å². The predicted molar refractivity (Wildman–Crippen MR) is 83.8 cm³/mol. The van der Waals surface area contributed by atoms with Crippen molar-refractivity contribution in [3.8, 4) is 17.2 Å². The van der Waals surface area contributed by atoms with Crippen molar-refractivity contribution >= 4 is 5.69 Å². The summed E-state index contributed by atoms with van der Waals surface area (Å²) in [5.41, 5.74) is 3.04. The van der Waals surface area contributed by atoms with E-state index >= 15 is 0 Å². The van der Waals surface area contributed by atoms with Gasteiger partial charge in [-0.1, -0.05) is 12.1 Å². The monoisotopic (exact) mass is 309 g/mol. The van der Waals surface area contributed by atoms with Gasteiger partial charge in [0.05, 0.1) is 5.69 Å². The molecule has 4 rings (SSSR count). The number of hydrogen-bond acceptors (Lipinski definition) is 6. The van der Waals surface area contributed by atoms with Gasteiger partial charge in [0.1, 0.15) is 6.33 Å². The highest BCUT2D eigenvalue weighted by Gasteiger charge is 2.14. The van der Waals surface area contributed by atoms with Gasteiger partial charge in [-0.15, -0.1) is 5.10 Å². The Bertz CT molecular complexity index is 819. The first kappa shape index (κ1) is 13.6. The fourth-order valence-corrected chi connectivity index (χ4v) is 2.54. The van der Waals surface area contributed by atoms with Crippen LogP contribution in [0.25, 0.3) is 5.69 Å². The van der Waals surface area contributed by atoms with E-state index < -0.39 is 0 Å². The zero-order valence-corrected chi connectivity index (χ0v) is 12.5. The average molecular weight is 309 g/mol. The lowest BCUT2D eigenvalue weighted by molar-refractivity contribution is 0.174. The van der Waals surface area contributed by atoms with Crippen LogP contribution in [0.4, 0.5) is 5.69 Å². The van der Waals surface area contributed by atoms with E-state index in [4.69, 9.17) is 9.47 Å². The maximum absolute atomic E-state index is 5.41. The molecule has 0 aliphatic carbocycles. The fraction of sp³-hybridized carbons (Fsp3) is 0.188. The maximum atomic E-state index is 5.41. The third kappa shape index (κ3) is 2.68. The van der Waals surface area contributed by atoms with E-state index in [1.54, 1.807) is 11.0 Å². The van der Waals surface area contributed by atoms with Gasteiger partial charge in [0.15, 0.2) is 11.5 Å². The SMILES string of the molecule is CC(Nc1ccc2c(c1)OCO2)c1cccc(-n2cnnn2)c1. The summed E-state index contributed by atoms with van der Waals surface area (Å²) in [6, 6.07) is 14.0. The number of nitrogens with one attached hydrogen (secondary N) is 1. The Kier molecular flexibility index (Phi) is 3.30. The van der Waals surface area contributed by atoms with Crippen LogP contribution in [0.1, 0.15) is 18.5 Å². The second-order valence-corrected chi connectivity index (χ2v) is 5.28. The number of fused-ring (bicyclic) bond motifs is 1. The first-order valence-corrected chi connectivity index (χ1v) is 7.29. The van der Waals surface area contributed by atoms with Crippen LogP contribution in [-0.2, 0) is 0 Å². The standard InChI is InChI=1S/C16H15N5O2/c1-11(18-13-5-6-15-16(8-13)23-10-22-15)12-3-2-4-14(7-12)21-9-17-19-20-21/h2-9,11,18H,10H2,1H3. The van der Waals surface area contributed by atoms with Gasteiger partial charge in [-0.2, -0.15) is 0 Å². The lowest BCUT2D eigenvalue weighted by Crippen LogP contribution is -2.07. The number of hydrogen-bond donors (Lipinski definition) is 1. The Labute approximate surface area is 132 Å². The molecule has 1 atom stereocenters. The molecule has 23 heavy (non-hydrogen) atoms. The Hall–Kier alpha value is -3.09. The van der Waals surface area contributed by atoms with Crippen molar-refractivity contribution in [3.05, 3.63) is 54.4 Å². The molecule has 116 valence electrons. The number of rotatable bonds is 4. The molecular formula is C16H15N5O2. The molecule has 7 nitrogen and oxygen atoms in total. The molecule has 1 aromatic heterocycles. The topological polar surface area (TPSA) is 74.1 Å². The summed E-state index contributed by atoms with van der Waals surface area (Å²) in [5, 5.41) is 14.7. The highest BCUT2D eigenvalue weighted by molar-refractivity contribution is 5.56. The molecule has 1 N–H and O–H groups in total. The highest BCUT2D eigenvalue weighted by atomic mass is 16.7. The summed E-state index contributed by atoms with van der Waals surface area (Å²) in [6.45, 7) is 2.38. The van der Waals surface area contributed by atoms with E-state index in [2.05, 4.69) is 39.9 Å². The zero-order valence-electron chi connectivity index (χ0n) is 12.5. The molecule has 2 aromatic carbocycles. The Morgan fingerprint density at radius 2 is 2.04 bits per heavy atom. The molecule has 0 saturated carbocycles. The van der Waals surface area contributed by atoms with Crippen molar-refractivity contribution in [2.24, 2.45) is 0 Å². The van der Waals surface area contributed by atoms with Crippen molar-refractivity contribution in [3.63, 3.8) is 0 Å². The summed E-state index contributed by atoms with van der Waals surface area (Å²) in [5.74, 6) is 1.55. The number of nitrogens with zero attached hydrogens (tertiary/aromatic N) is 4. The number of tetrazole rings is 1. The van der Waals surface area contributed by atoms with Crippen LogP contribution in [0.2, 0.25) is 0 Å². The molecule has 0 spiro atoms. The van der Waals surface area contributed by atoms with Crippen LogP contribution < -0.4 is 14.8 Å². The van der Waals surface area contributed by atoms with Crippen molar-refractivity contribution < 1.29 is 9.47 Å². The minimum Gasteiger partial charge on any atom is -0.454 e. The third-order valence-electron chi connectivity index (χ3n) is 3.74. The predicted octanol–water partition coefficient (Wildman–Crippen LogP) is 2.56. The average Bonchev–Trinajstić information content (AvgIpc) is 3.26. The van der Waals surface area contributed by atoms with Gasteiger partial charge in [-0.05, 0) is 47.2 Å². The Morgan fingerprint density at radius 3 is 2.91 bits per heavy atom. The van der Waals surface area contributed by atoms with Gasteiger partial charge in [0.25, 0.3) is 0 Å². The molecule has 0 saturated heterocycles. The molecule has 0 bridgehead atoms. The molecule has 7 heteroatoms. The van der Waals surface area contributed by atoms with Gasteiger partial charge < -0.3 is 14.8 Å². The van der Waals surface area contributed by atoms with E-state index in [1.807, 2.05) is 30.3 Å². The lowest BCUT2D eigenvalue weighted by atomic mass is 10.1. The van der Waals surface area contributed by atoms with Gasteiger partial charge in [-0.3, -0.25) is 0 Å². The number of ether oxygens (including phenoxy) is 2. The van der Waals surface area contributed by atoms with E-state index in [1.165, 1.54) is 0 Å². The van der Waals surface area contributed by atoms with Gasteiger partial charge >= 0.3 is 0 Å². The zero-order chi connectivity index (χ0) is 15.6. The summed E-state index contributed by atoms with van der Waals surface area (Å²) in [4.78, 5) is 0. The Balaban J connectivity index is 1.55. The van der Waals surface area contributed by atoms with Gasteiger partial charge in [0, 0.05) is 17.8 Å². The quantitative estimate of drug-likeness (QED) is 0.798. The van der Waals surface area contributed by atoms with E-state index in [0.29, 0.717) is 0 Å². The summed E-state index contributed by atoms with van der Waals surface area (Å²) < 4.78 is 12.4. The van der Waals surface area contributed by atoms with Crippen molar-refractivity contribution in [2.75, 3.05) is 12.1 Å². The van der Waals surface area contributed by atoms with Gasteiger partial charge in [-0.25, -0.2) is 4.68 Å². The summed E-state index contributed by atoms with van der Waals surface area (Å²) >= 11 is 0. The van der Waals surface area contributed by atoms with E-state index in [9.17, 15) is 0 Å². The highest BCUT2D eigenvalue weighted by Crippen LogP contribution is 2.35. The minimum atomic E-state index is 0.117. The van der Waals surface area contributed by atoms with Crippen LogP contribution >= 0.6 is 0 Å². The normalized spacial score (nSPS) is 13.8.